The van der Waals surface area contributed by atoms with Gasteiger partial charge in [-0.25, -0.2) is 0 Å². The fourth-order valence-corrected chi connectivity index (χ4v) is 3.29. The van der Waals surface area contributed by atoms with Gasteiger partial charge in [-0.1, -0.05) is 42.0 Å². The summed E-state index contributed by atoms with van der Waals surface area (Å²) in [4.78, 5) is 12.6. The highest BCUT2D eigenvalue weighted by Crippen LogP contribution is 2.30. The van der Waals surface area contributed by atoms with Crippen molar-refractivity contribution in [2.24, 2.45) is 0 Å². The maximum absolute atomic E-state index is 12.6. The predicted octanol–water partition coefficient (Wildman–Crippen LogP) is 4.52. The Kier molecular flexibility index (Phi) is 5.49. The summed E-state index contributed by atoms with van der Waals surface area (Å²) in [6.45, 7) is 4.19. The van der Waals surface area contributed by atoms with Gasteiger partial charge in [0.25, 0.3) is 0 Å². The SMILES string of the molecule is Cc1ccc(CNCCCOc2cc(O)c3c(=O)c4ccccc4oc3c2)cc1. The lowest BCUT2D eigenvalue weighted by atomic mass is 10.1. The first-order valence-electron chi connectivity index (χ1n) is 9.69. The average molecular weight is 389 g/mol. The molecule has 1 heterocycles. The van der Waals surface area contributed by atoms with Gasteiger partial charge in [0.1, 0.15) is 28.1 Å². The Balaban J connectivity index is 1.37. The van der Waals surface area contributed by atoms with Crippen LogP contribution < -0.4 is 15.5 Å². The Labute approximate surface area is 168 Å². The molecule has 0 aliphatic carbocycles. The molecule has 0 saturated heterocycles. The quantitative estimate of drug-likeness (QED) is 0.359. The zero-order chi connectivity index (χ0) is 20.2. The number of ether oxygens (including phenoxy) is 1. The third kappa shape index (κ3) is 4.25. The largest absolute Gasteiger partial charge is 0.507 e. The molecule has 5 nitrogen and oxygen atoms in total. The number of para-hydroxylation sites is 1. The smallest absolute Gasteiger partial charge is 0.204 e. The molecule has 0 spiro atoms. The lowest BCUT2D eigenvalue weighted by Crippen LogP contribution is -2.17. The third-order valence-electron chi connectivity index (χ3n) is 4.85. The van der Waals surface area contributed by atoms with E-state index in [1.54, 1.807) is 30.3 Å². The number of phenols is 1. The van der Waals surface area contributed by atoms with Crippen LogP contribution in [0.1, 0.15) is 17.5 Å². The first kappa shape index (κ1) is 19.0. The molecule has 3 aromatic carbocycles. The highest BCUT2D eigenvalue weighted by atomic mass is 16.5. The van der Waals surface area contributed by atoms with Crippen molar-refractivity contribution in [2.45, 2.75) is 19.9 Å². The summed E-state index contributed by atoms with van der Waals surface area (Å²) >= 11 is 0. The van der Waals surface area contributed by atoms with Crippen LogP contribution in [0.5, 0.6) is 11.5 Å². The first-order chi connectivity index (χ1) is 14.1. The van der Waals surface area contributed by atoms with Crippen molar-refractivity contribution in [1.29, 1.82) is 0 Å². The van der Waals surface area contributed by atoms with Gasteiger partial charge in [-0.3, -0.25) is 4.79 Å². The van der Waals surface area contributed by atoms with Gasteiger partial charge in [-0.2, -0.15) is 0 Å². The fraction of sp³-hybridized carbons (Fsp3) is 0.208. The van der Waals surface area contributed by atoms with Crippen LogP contribution in [-0.2, 0) is 6.54 Å². The molecule has 0 bridgehead atoms. The number of hydrogen-bond donors (Lipinski definition) is 2. The molecule has 2 N–H and O–H groups in total. The number of fused-ring (bicyclic) bond motifs is 2. The summed E-state index contributed by atoms with van der Waals surface area (Å²) < 4.78 is 11.6. The Morgan fingerprint density at radius 1 is 1.03 bits per heavy atom. The van der Waals surface area contributed by atoms with Crippen LogP contribution in [0.15, 0.2) is 69.9 Å². The van der Waals surface area contributed by atoms with E-state index < -0.39 is 0 Å². The van der Waals surface area contributed by atoms with Crippen LogP contribution in [0.2, 0.25) is 0 Å². The Morgan fingerprint density at radius 3 is 2.66 bits per heavy atom. The van der Waals surface area contributed by atoms with Crippen molar-refractivity contribution >= 4 is 21.9 Å². The fourth-order valence-electron chi connectivity index (χ4n) is 3.29. The van der Waals surface area contributed by atoms with E-state index in [-0.39, 0.29) is 16.6 Å². The van der Waals surface area contributed by atoms with Crippen LogP contribution in [0.3, 0.4) is 0 Å². The minimum atomic E-state index is -0.244. The summed E-state index contributed by atoms with van der Waals surface area (Å²) in [5.74, 6) is 0.349. The van der Waals surface area contributed by atoms with Gasteiger partial charge in [0, 0.05) is 18.7 Å². The summed E-state index contributed by atoms with van der Waals surface area (Å²) in [5.41, 5.74) is 3.07. The molecule has 0 unspecified atom stereocenters. The molecular formula is C24H23NO4. The Hall–Kier alpha value is -3.31. The zero-order valence-corrected chi connectivity index (χ0v) is 16.3. The van der Waals surface area contributed by atoms with E-state index in [2.05, 4.69) is 36.5 Å². The molecule has 0 aliphatic heterocycles. The van der Waals surface area contributed by atoms with Gasteiger partial charge in [0.2, 0.25) is 5.43 Å². The van der Waals surface area contributed by atoms with Gasteiger partial charge < -0.3 is 19.6 Å². The van der Waals surface area contributed by atoms with Crippen molar-refractivity contribution in [3.8, 4) is 11.5 Å². The summed E-state index contributed by atoms with van der Waals surface area (Å²) in [6, 6.07) is 18.6. The maximum Gasteiger partial charge on any atom is 0.204 e. The molecule has 0 fully saturated rings. The van der Waals surface area contributed by atoms with Crippen LogP contribution in [0.4, 0.5) is 0 Å². The van der Waals surface area contributed by atoms with Crippen LogP contribution in [0, 0.1) is 6.92 Å². The van der Waals surface area contributed by atoms with Crippen molar-refractivity contribution in [2.75, 3.05) is 13.2 Å². The second kappa shape index (κ2) is 8.37. The maximum atomic E-state index is 12.6. The molecule has 4 rings (SSSR count). The van der Waals surface area contributed by atoms with Crippen LogP contribution in [0.25, 0.3) is 21.9 Å². The highest BCUT2D eigenvalue weighted by molar-refractivity contribution is 5.93. The summed E-state index contributed by atoms with van der Waals surface area (Å²) in [7, 11) is 0. The van der Waals surface area contributed by atoms with Crippen molar-refractivity contribution < 1.29 is 14.3 Å². The number of rotatable bonds is 7. The van der Waals surface area contributed by atoms with Gasteiger partial charge in [0.15, 0.2) is 0 Å². The molecule has 0 amide bonds. The monoisotopic (exact) mass is 389 g/mol. The first-order valence-corrected chi connectivity index (χ1v) is 9.69. The topological polar surface area (TPSA) is 71.7 Å². The predicted molar refractivity (Wildman–Crippen MR) is 115 cm³/mol. The molecule has 1 aromatic heterocycles. The number of benzene rings is 3. The van der Waals surface area contributed by atoms with Crippen molar-refractivity contribution in [3.63, 3.8) is 0 Å². The van der Waals surface area contributed by atoms with Crippen molar-refractivity contribution in [1.82, 2.24) is 5.32 Å². The standard InChI is InChI=1S/C24H23NO4/c1-16-7-9-17(10-8-16)15-25-11-4-12-28-18-13-20(26)23-22(14-18)29-21-6-3-2-5-19(21)24(23)27/h2-3,5-10,13-14,25-26H,4,11-12,15H2,1H3. The number of phenolic OH excluding ortho intramolecular Hbond substituents is 1. The van der Waals surface area contributed by atoms with Crippen molar-refractivity contribution in [3.05, 3.63) is 82.0 Å². The minimum absolute atomic E-state index is 0.130. The second-order valence-electron chi connectivity index (χ2n) is 7.11. The van der Waals surface area contributed by atoms with Gasteiger partial charge in [0.05, 0.1) is 12.0 Å². The van der Waals surface area contributed by atoms with Gasteiger partial charge >= 0.3 is 0 Å². The summed E-state index contributed by atoms with van der Waals surface area (Å²) in [6.07, 6.45) is 0.812. The molecule has 4 aromatic rings. The van der Waals surface area contributed by atoms with E-state index in [4.69, 9.17) is 9.15 Å². The molecule has 0 saturated carbocycles. The Bertz CT molecular complexity index is 1200. The molecule has 0 aliphatic rings. The molecule has 0 radical (unpaired) electrons. The van der Waals surface area contributed by atoms with E-state index in [0.717, 1.165) is 19.5 Å². The second-order valence-corrected chi connectivity index (χ2v) is 7.11. The molecule has 0 atom stereocenters. The number of nitrogens with one attached hydrogen (secondary N) is 1. The molecule has 148 valence electrons. The van der Waals surface area contributed by atoms with E-state index in [0.29, 0.717) is 28.9 Å². The van der Waals surface area contributed by atoms with E-state index in [1.165, 1.54) is 17.2 Å². The number of aryl methyl sites for hydroxylation is 1. The lowest BCUT2D eigenvalue weighted by molar-refractivity contribution is 0.306. The normalized spacial score (nSPS) is 11.2. The van der Waals surface area contributed by atoms with E-state index in [1.807, 2.05) is 0 Å². The third-order valence-corrected chi connectivity index (χ3v) is 4.85. The molecule has 5 heteroatoms. The van der Waals surface area contributed by atoms with E-state index in [9.17, 15) is 9.90 Å². The van der Waals surface area contributed by atoms with Crippen LogP contribution in [-0.4, -0.2) is 18.3 Å². The number of hydrogen-bond acceptors (Lipinski definition) is 5. The van der Waals surface area contributed by atoms with Gasteiger partial charge in [-0.05, 0) is 37.6 Å². The number of aromatic hydroxyl groups is 1. The average Bonchev–Trinajstić information content (AvgIpc) is 2.72. The Morgan fingerprint density at radius 2 is 1.83 bits per heavy atom. The highest BCUT2D eigenvalue weighted by Gasteiger charge is 2.13. The zero-order valence-electron chi connectivity index (χ0n) is 16.3. The van der Waals surface area contributed by atoms with E-state index >= 15 is 0 Å². The summed E-state index contributed by atoms with van der Waals surface area (Å²) in [5, 5.41) is 14.3. The van der Waals surface area contributed by atoms with Gasteiger partial charge in [-0.15, -0.1) is 0 Å². The minimum Gasteiger partial charge on any atom is -0.507 e. The lowest BCUT2D eigenvalue weighted by Gasteiger charge is -2.10. The molecular weight excluding hydrogens is 366 g/mol. The van der Waals surface area contributed by atoms with Crippen LogP contribution >= 0.6 is 0 Å². The molecule has 29 heavy (non-hydrogen) atoms.